The summed E-state index contributed by atoms with van der Waals surface area (Å²) >= 11 is 0. The van der Waals surface area contributed by atoms with Gasteiger partial charge in [-0.25, -0.2) is 0 Å². The molecule has 222 valence electrons. The van der Waals surface area contributed by atoms with Crippen LogP contribution >= 0.6 is 0 Å². The van der Waals surface area contributed by atoms with E-state index in [1.165, 1.54) is 38.5 Å². The van der Waals surface area contributed by atoms with Crippen molar-refractivity contribution in [2.24, 2.45) is 5.92 Å². The van der Waals surface area contributed by atoms with Crippen LogP contribution in [-0.2, 0) is 18.9 Å². The van der Waals surface area contributed by atoms with Crippen LogP contribution in [0.15, 0.2) is 60.7 Å². The third-order valence-electron chi connectivity index (χ3n) is 7.66. The Morgan fingerprint density at radius 3 is 1.73 bits per heavy atom. The zero-order valence-electron chi connectivity index (χ0n) is 24.5. The van der Waals surface area contributed by atoms with Crippen LogP contribution in [0.4, 0.5) is 0 Å². The van der Waals surface area contributed by atoms with Crippen LogP contribution in [0.5, 0.6) is 11.5 Å². The summed E-state index contributed by atoms with van der Waals surface area (Å²) < 4.78 is 36.4. The largest absolute Gasteiger partial charge is 0.452 e. The van der Waals surface area contributed by atoms with Gasteiger partial charge in [-0.3, -0.25) is 0 Å². The second-order valence-electron chi connectivity index (χ2n) is 11.2. The summed E-state index contributed by atoms with van der Waals surface area (Å²) in [6.45, 7) is 6.65. The summed E-state index contributed by atoms with van der Waals surface area (Å²) in [7, 11) is 0. The SMILES string of the molecule is CCCCCCCCC(CCCOCC1CO1)C(CCCOCC1CO1)(Oc1ccccc1)Oc1ccccc1. The summed E-state index contributed by atoms with van der Waals surface area (Å²) in [6, 6.07) is 20.3. The first-order valence-electron chi connectivity index (χ1n) is 15.6. The highest BCUT2D eigenvalue weighted by molar-refractivity contribution is 5.25. The number of epoxide rings is 2. The van der Waals surface area contributed by atoms with E-state index in [4.69, 9.17) is 28.4 Å². The number of benzene rings is 2. The van der Waals surface area contributed by atoms with Crippen molar-refractivity contribution < 1.29 is 28.4 Å². The maximum Gasteiger partial charge on any atom is 0.254 e. The fraction of sp³-hybridized carbons (Fsp3) is 0.647. The van der Waals surface area contributed by atoms with Crippen molar-refractivity contribution in [2.45, 2.75) is 95.5 Å². The predicted molar refractivity (Wildman–Crippen MR) is 158 cm³/mol. The van der Waals surface area contributed by atoms with Crippen LogP contribution in [-0.4, -0.2) is 57.6 Å². The molecule has 0 saturated carbocycles. The molecule has 0 aliphatic carbocycles. The van der Waals surface area contributed by atoms with Gasteiger partial charge < -0.3 is 28.4 Å². The lowest BCUT2D eigenvalue weighted by molar-refractivity contribution is -0.169. The standard InChI is InChI=1S/C34H50O6/c1-2-3-4-5-6-9-16-29(17-14-23-35-25-32-27-37-32)34(39-30-18-10-7-11-19-30,40-31-20-12-8-13-21-31)22-15-24-36-26-33-28-38-33/h7-8,10-13,18-21,29,32-33H,2-6,9,14-17,22-28H2,1H3. The van der Waals surface area contributed by atoms with Crippen molar-refractivity contribution >= 4 is 0 Å². The van der Waals surface area contributed by atoms with E-state index in [0.717, 1.165) is 63.4 Å². The van der Waals surface area contributed by atoms with E-state index in [9.17, 15) is 0 Å². The van der Waals surface area contributed by atoms with Gasteiger partial charge in [0.1, 0.15) is 23.7 Å². The monoisotopic (exact) mass is 554 g/mol. The molecule has 2 fully saturated rings. The summed E-state index contributed by atoms with van der Waals surface area (Å²) in [4.78, 5) is 0. The minimum absolute atomic E-state index is 0.201. The molecule has 2 aromatic carbocycles. The molecule has 0 aromatic heterocycles. The lowest BCUT2D eigenvalue weighted by atomic mass is 9.85. The molecule has 0 spiro atoms. The first-order chi connectivity index (χ1) is 19.8. The maximum absolute atomic E-state index is 6.95. The molecule has 0 bridgehead atoms. The highest BCUT2D eigenvalue weighted by atomic mass is 16.7. The molecule has 6 nitrogen and oxygen atoms in total. The molecule has 0 amide bonds. The summed E-state index contributed by atoms with van der Waals surface area (Å²) in [5, 5.41) is 0. The Balaban J connectivity index is 1.50. The van der Waals surface area contributed by atoms with Crippen LogP contribution in [0.2, 0.25) is 0 Å². The van der Waals surface area contributed by atoms with Crippen molar-refractivity contribution in [3.05, 3.63) is 60.7 Å². The summed E-state index contributed by atoms with van der Waals surface area (Å²) in [5.41, 5.74) is 0. The molecule has 3 atom stereocenters. The van der Waals surface area contributed by atoms with Crippen molar-refractivity contribution in [2.75, 3.05) is 39.6 Å². The van der Waals surface area contributed by atoms with Crippen LogP contribution in [0.1, 0.15) is 77.6 Å². The first-order valence-corrected chi connectivity index (χ1v) is 15.6. The van der Waals surface area contributed by atoms with Crippen molar-refractivity contribution in [1.82, 2.24) is 0 Å². The number of hydrogen-bond donors (Lipinski definition) is 0. The Morgan fingerprint density at radius 2 is 1.18 bits per heavy atom. The van der Waals surface area contributed by atoms with Crippen LogP contribution < -0.4 is 9.47 Å². The number of ether oxygens (including phenoxy) is 6. The van der Waals surface area contributed by atoms with Gasteiger partial charge in [0.05, 0.1) is 26.4 Å². The minimum atomic E-state index is -0.814. The molecule has 40 heavy (non-hydrogen) atoms. The van der Waals surface area contributed by atoms with E-state index >= 15 is 0 Å². The van der Waals surface area contributed by atoms with Gasteiger partial charge in [0.2, 0.25) is 0 Å². The molecule has 2 saturated heterocycles. The Kier molecular flexibility index (Phi) is 13.6. The van der Waals surface area contributed by atoms with Crippen molar-refractivity contribution in [1.29, 1.82) is 0 Å². The lowest BCUT2D eigenvalue weighted by Gasteiger charge is -2.41. The maximum atomic E-state index is 6.95. The number of para-hydroxylation sites is 2. The molecule has 2 aliphatic heterocycles. The Labute approximate surface area is 241 Å². The van der Waals surface area contributed by atoms with Gasteiger partial charge >= 0.3 is 0 Å². The van der Waals surface area contributed by atoms with Gasteiger partial charge in [-0.05, 0) is 49.9 Å². The normalized spacial score (nSPS) is 18.8. The fourth-order valence-corrected chi connectivity index (χ4v) is 5.24. The van der Waals surface area contributed by atoms with E-state index < -0.39 is 5.79 Å². The zero-order valence-corrected chi connectivity index (χ0v) is 24.5. The molecule has 2 aliphatic rings. The average molecular weight is 555 g/mol. The van der Waals surface area contributed by atoms with Gasteiger partial charge in [-0.2, -0.15) is 0 Å². The van der Waals surface area contributed by atoms with Crippen LogP contribution in [0, 0.1) is 5.92 Å². The molecule has 3 unspecified atom stereocenters. The third kappa shape index (κ3) is 11.8. The Bertz CT molecular complexity index is 858. The molecular formula is C34H50O6. The van der Waals surface area contributed by atoms with E-state index in [1.807, 2.05) is 60.7 Å². The summed E-state index contributed by atoms with van der Waals surface area (Å²) in [6.07, 6.45) is 12.7. The number of rotatable bonds is 24. The van der Waals surface area contributed by atoms with Crippen LogP contribution in [0.3, 0.4) is 0 Å². The first kappa shape index (κ1) is 30.8. The van der Waals surface area contributed by atoms with Crippen molar-refractivity contribution in [3.8, 4) is 11.5 Å². The average Bonchev–Trinajstić information content (AvgIpc) is 3.91. The quantitative estimate of drug-likeness (QED) is 0.0756. The topological polar surface area (TPSA) is 62.0 Å². The highest BCUT2D eigenvalue weighted by Gasteiger charge is 2.43. The molecule has 0 N–H and O–H groups in total. The van der Waals surface area contributed by atoms with E-state index in [2.05, 4.69) is 6.92 Å². The number of hydrogen-bond acceptors (Lipinski definition) is 6. The van der Waals surface area contributed by atoms with Crippen molar-refractivity contribution in [3.63, 3.8) is 0 Å². The van der Waals surface area contributed by atoms with Crippen LogP contribution in [0.25, 0.3) is 0 Å². The van der Waals surface area contributed by atoms with E-state index in [1.54, 1.807) is 0 Å². The van der Waals surface area contributed by atoms with E-state index in [0.29, 0.717) is 25.9 Å². The molecule has 6 heteroatoms. The Morgan fingerprint density at radius 1 is 0.675 bits per heavy atom. The lowest BCUT2D eigenvalue weighted by Crippen LogP contribution is -2.50. The fourth-order valence-electron chi connectivity index (χ4n) is 5.24. The van der Waals surface area contributed by atoms with Gasteiger partial charge in [0.25, 0.3) is 5.79 Å². The predicted octanol–water partition coefficient (Wildman–Crippen LogP) is 7.60. The Hall–Kier alpha value is -2.12. The van der Waals surface area contributed by atoms with Gasteiger partial charge in [-0.15, -0.1) is 0 Å². The van der Waals surface area contributed by atoms with Gasteiger partial charge in [0.15, 0.2) is 0 Å². The smallest absolute Gasteiger partial charge is 0.254 e. The summed E-state index contributed by atoms with van der Waals surface area (Å²) in [5.74, 6) is 1.05. The molecule has 2 aromatic rings. The number of unbranched alkanes of at least 4 members (excludes halogenated alkanes) is 5. The molecular weight excluding hydrogens is 504 g/mol. The van der Waals surface area contributed by atoms with Gasteiger partial charge in [0, 0.05) is 25.6 Å². The zero-order chi connectivity index (χ0) is 27.7. The van der Waals surface area contributed by atoms with E-state index in [-0.39, 0.29) is 12.0 Å². The minimum Gasteiger partial charge on any atom is -0.452 e. The third-order valence-corrected chi connectivity index (χ3v) is 7.66. The second-order valence-corrected chi connectivity index (χ2v) is 11.2. The second kappa shape index (κ2) is 17.6. The molecule has 2 heterocycles. The molecule has 0 radical (unpaired) electrons. The highest BCUT2D eigenvalue weighted by Crippen LogP contribution is 2.38. The molecule has 4 rings (SSSR count). The van der Waals surface area contributed by atoms with Gasteiger partial charge in [-0.1, -0.05) is 81.8 Å².